The SMILES string of the molecule is ONC(=Nc1cccc(C(F)(F)F)c1)c1cnon1. The lowest BCUT2D eigenvalue weighted by molar-refractivity contribution is -0.137. The predicted octanol–water partition coefficient (Wildman–Crippen LogP) is 2.15. The number of hydrogen-bond donors (Lipinski definition) is 2. The number of hydroxylamine groups is 1. The number of alkyl halides is 3. The van der Waals surface area contributed by atoms with Crippen LogP contribution in [0.4, 0.5) is 18.9 Å². The van der Waals surface area contributed by atoms with E-state index in [1.54, 1.807) is 5.48 Å². The number of halogens is 3. The Kier molecular flexibility index (Phi) is 3.47. The fourth-order valence-corrected chi connectivity index (χ4v) is 1.29. The number of aliphatic imine (C=N–C) groups is 1. The highest BCUT2D eigenvalue weighted by Gasteiger charge is 2.30. The van der Waals surface area contributed by atoms with Crippen LogP contribution in [0.15, 0.2) is 40.1 Å². The van der Waals surface area contributed by atoms with Crippen molar-refractivity contribution in [2.75, 3.05) is 0 Å². The third kappa shape index (κ3) is 3.07. The molecule has 0 aliphatic carbocycles. The molecule has 1 aromatic heterocycles. The van der Waals surface area contributed by atoms with Crippen molar-refractivity contribution in [3.8, 4) is 0 Å². The average molecular weight is 272 g/mol. The van der Waals surface area contributed by atoms with Crippen LogP contribution in [0.2, 0.25) is 0 Å². The van der Waals surface area contributed by atoms with Crippen molar-refractivity contribution in [3.05, 3.63) is 41.7 Å². The lowest BCUT2D eigenvalue weighted by atomic mass is 10.2. The van der Waals surface area contributed by atoms with E-state index >= 15 is 0 Å². The smallest absolute Gasteiger partial charge is 0.290 e. The molecule has 2 rings (SSSR count). The predicted molar refractivity (Wildman–Crippen MR) is 56.9 cm³/mol. The van der Waals surface area contributed by atoms with Crippen LogP contribution in [0.3, 0.4) is 0 Å². The standard InChI is InChI=1S/C10H7F3N4O2/c11-10(12,13)6-2-1-3-7(4-6)15-9(16-18)8-5-14-19-17-8/h1-5,18H,(H,15,16). The summed E-state index contributed by atoms with van der Waals surface area (Å²) in [5.41, 5.74) is 0.924. The van der Waals surface area contributed by atoms with E-state index in [1.165, 1.54) is 12.1 Å². The fraction of sp³-hybridized carbons (Fsp3) is 0.100. The maximum absolute atomic E-state index is 12.5. The second-order valence-electron chi connectivity index (χ2n) is 3.41. The molecule has 0 amide bonds. The van der Waals surface area contributed by atoms with Crippen LogP contribution >= 0.6 is 0 Å². The second-order valence-corrected chi connectivity index (χ2v) is 3.41. The molecule has 0 bridgehead atoms. The van der Waals surface area contributed by atoms with E-state index < -0.39 is 11.7 Å². The summed E-state index contributed by atoms with van der Waals surface area (Å²) in [6.07, 6.45) is -3.32. The maximum atomic E-state index is 12.5. The largest absolute Gasteiger partial charge is 0.416 e. The highest BCUT2D eigenvalue weighted by molar-refractivity contribution is 5.97. The van der Waals surface area contributed by atoms with Gasteiger partial charge in [0.1, 0.15) is 6.20 Å². The normalized spacial score (nSPS) is 12.5. The van der Waals surface area contributed by atoms with Gasteiger partial charge in [0.2, 0.25) is 0 Å². The fourth-order valence-electron chi connectivity index (χ4n) is 1.29. The average Bonchev–Trinajstić information content (AvgIpc) is 2.89. The lowest BCUT2D eigenvalue weighted by Crippen LogP contribution is -2.20. The van der Waals surface area contributed by atoms with Crippen LogP contribution in [0.5, 0.6) is 0 Å². The van der Waals surface area contributed by atoms with E-state index in [1.807, 2.05) is 0 Å². The van der Waals surface area contributed by atoms with E-state index in [9.17, 15) is 13.2 Å². The molecular formula is C10H7F3N4O2. The Hall–Kier alpha value is -2.42. The van der Waals surface area contributed by atoms with Gasteiger partial charge in [-0.2, -0.15) is 13.2 Å². The number of hydrogen-bond acceptors (Lipinski definition) is 5. The molecule has 0 saturated carbocycles. The molecule has 2 N–H and O–H groups in total. The van der Waals surface area contributed by atoms with Crippen LogP contribution < -0.4 is 5.48 Å². The first kappa shape index (κ1) is 13.0. The Bertz CT molecular complexity index is 581. The summed E-state index contributed by atoms with van der Waals surface area (Å²) in [6, 6.07) is 4.31. The molecule has 0 spiro atoms. The Morgan fingerprint density at radius 3 is 2.74 bits per heavy atom. The van der Waals surface area contributed by atoms with Gasteiger partial charge in [0, 0.05) is 0 Å². The molecule has 1 aromatic carbocycles. The zero-order valence-corrected chi connectivity index (χ0v) is 9.22. The number of nitrogens with one attached hydrogen (secondary N) is 1. The van der Waals surface area contributed by atoms with Gasteiger partial charge in [0.25, 0.3) is 0 Å². The molecule has 0 fully saturated rings. The van der Waals surface area contributed by atoms with Gasteiger partial charge < -0.3 is 0 Å². The number of rotatable bonds is 2. The van der Waals surface area contributed by atoms with Gasteiger partial charge in [-0.15, -0.1) is 0 Å². The van der Waals surface area contributed by atoms with Crippen LogP contribution in [-0.4, -0.2) is 21.4 Å². The van der Waals surface area contributed by atoms with Crippen molar-refractivity contribution in [2.24, 2.45) is 4.99 Å². The number of amidine groups is 1. The molecule has 6 nitrogen and oxygen atoms in total. The molecule has 0 unspecified atom stereocenters. The molecule has 0 aliphatic heterocycles. The van der Waals surface area contributed by atoms with E-state index in [-0.39, 0.29) is 17.2 Å². The van der Waals surface area contributed by atoms with Crippen LogP contribution in [0, 0.1) is 0 Å². The summed E-state index contributed by atoms with van der Waals surface area (Å²) in [4.78, 5) is 3.79. The van der Waals surface area contributed by atoms with Crippen LogP contribution in [0.25, 0.3) is 0 Å². The molecule has 0 aliphatic rings. The minimum Gasteiger partial charge on any atom is -0.290 e. The zero-order valence-electron chi connectivity index (χ0n) is 9.22. The van der Waals surface area contributed by atoms with Gasteiger partial charge in [-0.25, -0.2) is 9.62 Å². The van der Waals surface area contributed by atoms with E-state index in [0.717, 1.165) is 18.3 Å². The molecule has 0 radical (unpaired) electrons. The Morgan fingerprint density at radius 2 is 2.16 bits per heavy atom. The topological polar surface area (TPSA) is 83.5 Å². The van der Waals surface area contributed by atoms with Gasteiger partial charge in [-0.1, -0.05) is 11.2 Å². The summed E-state index contributed by atoms with van der Waals surface area (Å²) >= 11 is 0. The number of nitrogens with zero attached hydrogens (tertiary/aromatic N) is 3. The second kappa shape index (κ2) is 5.06. The Balaban J connectivity index is 2.37. The first-order valence-electron chi connectivity index (χ1n) is 4.94. The molecule has 2 aromatic rings. The first-order chi connectivity index (χ1) is 9.00. The molecule has 9 heteroatoms. The third-order valence-electron chi connectivity index (χ3n) is 2.12. The molecule has 0 saturated heterocycles. The van der Waals surface area contributed by atoms with Crippen molar-refractivity contribution < 1.29 is 23.0 Å². The van der Waals surface area contributed by atoms with Gasteiger partial charge in [-0.3, -0.25) is 10.7 Å². The summed E-state index contributed by atoms with van der Waals surface area (Å²) < 4.78 is 41.8. The summed E-state index contributed by atoms with van der Waals surface area (Å²) in [5.74, 6) is -0.180. The monoisotopic (exact) mass is 272 g/mol. The summed E-state index contributed by atoms with van der Waals surface area (Å²) in [6.45, 7) is 0. The van der Waals surface area contributed by atoms with Crippen molar-refractivity contribution >= 4 is 11.5 Å². The molecule has 19 heavy (non-hydrogen) atoms. The van der Waals surface area contributed by atoms with Gasteiger partial charge in [0.15, 0.2) is 11.5 Å². The quantitative estimate of drug-likeness (QED) is 0.497. The molecule has 100 valence electrons. The van der Waals surface area contributed by atoms with E-state index in [4.69, 9.17) is 5.21 Å². The molecule has 0 atom stereocenters. The van der Waals surface area contributed by atoms with Gasteiger partial charge in [-0.05, 0) is 23.4 Å². The number of benzene rings is 1. The summed E-state index contributed by atoms with van der Waals surface area (Å²) in [5, 5.41) is 15.6. The van der Waals surface area contributed by atoms with Crippen LogP contribution in [-0.2, 0) is 6.18 Å². The zero-order chi connectivity index (χ0) is 13.9. The van der Waals surface area contributed by atoms with Crippen LogP contribution in [0.1, 0.15) is 11.3 Å². The van der Waals surface area contributed by atoms with E-state index in [2.05, 4.69) is 19.9 Å². The van der Waals surface area contributed by atoms with Gasteiger partial charge >= 0.3 is 6.18 Å². The first-order valence-corrected chi connectivity index (χ1v) is 4.94. The van der Waals surface area contributed by atoms with E-state index in [0.29, 0.717) is 0 Å². The Labute approximate surface area is 104 Å². The minimum atomic E-state index is -4.46. The molecule has 1 heterocycles. The summed E-state index contributed by atoms with van der Waals surface area (Å²) in [7, 11) is 0. The van der Waals surface area contributed by atoms with Crippen molar-refractivity contribution in [1.29, 1.82) is 0 Å². The van der Waals surface area contributed by atoms with Crippen molar-refractivity contribution in [1.82, 2.24) is 15.8 Å². The van der Waals surface area contributed by atoms with Gasteiger partial charge in [0.05, 0.1) is 11.3 Å². The molecular weight excluding hydrogens is 265 g/mol. The van der Waals surface area contributed by atoms with Crippen molar-refractivity contribution in [2.45, 2.75) is 6.18 Å². The third-order valence-corrected chi connectivity index (χ3v) is 2.12. The maximum Gasteiger partial charge on any atom is 0.416 e. The highest BCUT2D eigenvalue weighted by atomic mass is 19.4. The number of aromatic nitrogens is 2. The highest BCUT2D eigenvalue weighted by Crippen LogP contribution is 2.31. The lowest BCUT2D eigenvalue weighted by Gasteiger charge is -2.07. The Morgan fingerprint density at radius 1 is 1.37 bits per heavy atom. The minimum absolute atomic E-state index is 0.00521. The van der Waals surface area contributed by atoms with Crippen molar-refractivity contribution in [3.63, 3.8) is 0 Å².